The van der Waals surface area contributed by atoms with E-state index in [4.69, 9.17) is 0 Å². The van der Waals surface area contributed by atoms with Crippen molar-refractivity contribution in [2.75, 3.05) is 32.5 Å². The Morgan fingerprint density at radius 1 is 1.33 bits per heavy atom. The number of anilines is 1. The highest BCUT2D eigenvalue weighted by atomic mass is 32.2. The summed E-state index contributed by atoms with van der Waals surface area (Å²) in [4.78, 5) is 19.1. The number of benzene rings is 1. The van der Waals surface area contributed by atoms with Gasteiger partial charge < -0.3 is 25.7 Å². The fourth-order valence-corrected chi connectivity index (χ4v) is 4.68. The van der Waals surface area contributed by atoms with E-state index in [1.807, 2.05) is 19.0 Å². The molecule has 0 aromatic heterocycles. The molecule has 1 fully saturated rings. The summed E-state index contributed by atoms with van der Waals surface area (Å²) >= 11 is 1.38. The minimum Gasteiger partial charge on any atom is -0.390 e. The van der Waals surface area contributed by atoms with Gasteiger partial charge in [0.25, 0.3) is 0 Å². The van der Waals surface area contributed by atoms with E-state index in [1.165, 1.54) is 23.9 Å². The molecule has 1 saturated carbocycles. The third kappa shape index (κ3) is 4.78. The number of hydrogen-bond acceptors (Lipinski definition) is 7. The molecule has 5 unspecified atom stereocenters. The molecule has 4 N–H and O–H groups in total. The summed E-state index contributed by atoms with van der Waals surface area (Å²) in [5.41, 5.74) is 0.670. The smallest absolute Gasteiger partial charge is 0.224 e. The molecule has 0 spiro atoms. The second kappa shape index (κ2) is 8.55. The van der Waals surface area contributed by atoms with Crippen molar-refractivity contribution in [3.8, 4) is 0 Å². The Morgan fingerprint density at radius 2 is 2.04 bits per heavy atom. The number of aliphatic imine (C=N–C) groups is 1. The molecule has 9 heteroatoms. The van der Waals surface area contributed by atoms with Crippen molar-refractivity contribution in [2.24, 2.45) is 10.9 Å². The van der Waals surface area contributed by atoms with Crippen molar-refractivity contribution in [2.45, 2.75) is 29.9 Å². The lowest BCUT2D eigenvalue weighted by molar-refractivity contribution is -0.129. The summed E-state index contributed by atoms with van der Waals surface area (Å²) in [6.07, 6.45) is -1.81. The number of rotatable bonds is 5. The van der Waals surface area contributed by atoms with Crippen LogP contribution in [0.15, 0.2) is 29.3 Å². The number of amidine groups is 1. The van der Waals surface area contributed by atoms with E-state index in [1.54, 1.807) is 12.1 Å². The number of carbonyl (C=O) groups is 1. The highest BCUT2D eigenvalue weighted by Gasteiger charge is 2.50. The molecular formula is C18H25FN4O3S. The van der Waals surface area contributed by atoms with Crippen LogP contribution in [0.3, 0.4) is 0 Å². The van der Waals surface area contributed by atoms with Crippen molar-refractivity contribution in [3.63, 3.8) is 0 Å². The Morgan fingerprint density at radius 3 is 2.70 bits per heavy atom. The summed E-state index contributed by atoms with van der Waals surface area (Å²) in [7, 11) is 3.86. The molecule has 1 aromatic rings. The molecule has 1 aromatic carbocycles. The molecule has 1 heterocycles. The first-order valence-corrected chi connectivity index (χ1v) is 9.78. The maximum Gasteiger partial charge on any atom is 0.224 e. The minimum atomic E-state index is -1.01. The van der Waals surface area contributed by atoms with E-state index in [-0.39, 0.29) is 23.4 Å². The van der Waals surface area contributed by atoms with Crippen LogP contribution >= 0.6 is 11.8 Å². The lowest BCUT2D eigenvalue weighted by Crippen LogP contribution is -2.54. The Balaban J connectivity index is 1.68. The Hall–Kier alpha value is -1.68. The quantitative estimate of drug-likeness (QED) is 0.579. The number of fused-ring (bicyclic) bond motifs is 1. The zero-order chi connectivity index (χ0) is 19.6. The van der Waals surface area contributed by atoms with Crippen LogP contribution in [0.4, 0.5) is 10.1 Å². The molecule has 5 atom stereocenters. The molecular weight excluding hydrogens is 371 g/mol. The van der Waals surface area contributed by atoms with Gasteiger partial charge in [0, 0.05) is 24.0 Å². The second-order valence-electron chi connectivity index (χ2n) is 7.13. The average molecular weight is 396 g/mol. The van der Waals surface area contributed by atoms with Crippen molar-refractivity contribution in [1.82, 2.24) is 10.2 Å². The zero-order valence-corrected chi connectivity index (χ0v) is 16.1. The van der Waals surface area contributed by atoms with Gasteiger partial charge in [0.1, 0.15) is 11.9 Å². The van der Waals surface area contributed by atoms with E-state index in [0.29, 0.717) is 17.4 Å². The maximum absolute atomic E-state index is 13.1. The standard InChI is InChI=1S/C18H25FN4O3S/c1-23(2)8-7-20-17(26)12-9-13(24)15(25)14-16(12)27-18(22-14)21-11-5-3-10(19)4-6-11/h3-6,12-16,24-25H,7-9H2,1-2H3,(H,20,26)(H,21,22). The molecule has 148 valence electrons. The Kier molecular flexibility index (Phi) is 6.36. The van der Waals surface area contributed by atoms with Gasteiger partial charge in [-0.05, 0) is 44.8 Å². The number of carbonyl (C=O) groups excluding carboxylic acids is 1. The lowest BCUT2D eigenvalue weighted by Gasteiger charge is -2.37. The zero-order valence-electron chi connectivity index (χ0n) is 15.3. The number of halogens is 1. The number of aliphatic hydroxyl groups excluding tert-OH is 2. The van der Waals surface area contributed by atoms with Crippen LogP contribution in [0.2, 0.25) is 0 Å². The van der Waals surface area contributed by atoms with Crippen molar-refractivity contribution >= 4 is 28.5 Å². The van der Waals surface area contributed by atoms with E-state index in [0.717, 1.165) is 6.54 Å². The van der Waals surface area contributed by atoms with Gasteiger partial charge in [-0.2, -0.15) is 0 Å². The predicted octanol–water partition coefficient (Wildman–Crippen LogP) is 0.497. The number of aliphatic hydroxyl groups is 2. The normalized spacial score (nSPS) is 30.0. The third-order valence-corrected chi connectivity index (χ3v) is 6.09. The summed E-state index contributed by atoms with van der Waals surface area (Å²) in [5, 5.41) is 26.8. The van der Waals surface area contributed by atoms with E-state index < -0.39 is 24.2 Å². The predicted molar refractivity (Wildman–Crippen MR) is 104 cm³/mol. The summed E-state index contributed by atoms with van der Waals surface area (Å²) in [6.45, 7) is 1.24. The van der Waals surface area contributed by atoms with E-state index in [9.17, 15) is 19.4 Å². The van der Waals surface area contributed by atoms with Gasteiger partial charge in [-0.15, -0.1) is 0 Å². The van der Waals surface area contributed by atoms with Gasteiger partial charge in [-0.25, -0.2) is 4.39 Å². The van der Waals surface area contributed by atoms with Crippen LogP contribution in [0.5, 0.6) is 0 Å². The van der Waals surface area contributed by atoms with Gasteiger partial charge in [-0.1, -0.05) is 11.8 Å². The van der Waals surface area contributed by atoms with Gasteiger partial charge in [0.05, 0.1) is 18.1 Å². The largest absolute Gasteiger partial charge is 0.390 e. The van der Waals surface area contributed by atoms with E-state index >= 15 is 0 Å². The Bertz CT molecular complexity index is 700. The molecule has 1 aliphatic carbocycles. The highest BCUT2D eigenvalue weighted by molar-refractivity contribution is 8.15. The fourth-order valence-electron chi connectivity index (χ4n) is 3.30. The fraction of sp³-hybridized carbons (Fsp3) is 0.556. The molecule has 1 aliphatic heterocycles. The molecule has 7 nitrogen and oxygen atoms in total. The number of amides is 1. The summed E-state index contributed by atoms with van der Waals surface area (Å²) in [6, 6.07) is 5.31. The van der Waals surface area contributed by atoms with Crippen molar-refractivity contribution in [1.29, 1.82) is 0 Å². The first kappa shape index (κ1) is 20.1. The first-order chi connectivity index (χ1) is 12.8. The number of nitrogens with zero attached hydrogens (tertiary/aromatic N) is 2. The lowest BCUT2D eigenvalue weighted by atomic mass is 9.81. The van der Waals surface area contributed by atoms with Gasteiger partial charge in [-0.3, -0.25) is 9.79 Å². The van der Waals surface area contributed by atoms with Crippen molar-refractivity contribution < 1.29 is 19.4 Å². The highest BCUT2D eigenvalue weighted by Crippen LogP contribution is 2.41. The molecule has 2 aliphatic rings. The SMILES string of the molecule is CN(C)CCNC(=O)C1CC(O)C(O)C2N=C(Nc3ccc(F)cc3)SC12. The van der Waals surface area contributed by atoms with Gasteiger partial charge in [0.15, 0.2) is 5.17 Å². The molecule has 0 radical (unpaired) electrons. The number of hydrogen-bond donors (Lipinski definition) is 4. The third-order valence-electron chi connectivity index (χ3n) is 4.78. The molecule has 1 amide bonds. The minimum absolute atomic E-state index is 0.136. The molecule has 3 rings (SSSR count). The Labute approximate surface area is 162 Å². The molecule has 0 saturated heterocycles. The van der Waals surface area contributed by atoms with Crippen LogP contribution in [-0.4, -0.2) is 76.9 Å². The first-order valence-electron chi connectivity index (χ1n) is 8.91. The van der Waals surface area contributed by atoms with Crippen LogP contribution in [0.1, 0.15) is 6.42 Å². The van der Waals surface area contributed by atoms with Gasteiger partial charge >= 0.3 is 0 Å². The van der Waals surface area contributed by atoms with Crippen molar-refractivity contribution in [3.05, 3.63) is 30.1 Å². The average Bonchev–Trinajstić information content (AvgIpc) is 3.03. The number of likely N-dealkylation sites (N-methyl/N-ethyl adjacent to an activating group) is 1. The summed E-state index contributed by atoms with van der Waals surface area (Å²) < 4.78 is 13.1. The maximum atomic E-state index is 13.1. The number of nitrogens with one attached hydrogen (secondary N) is 2. The van der Waals surface area contributed by atoms with Crippen LogP contribution in [0.25, 0.3) is 0 Å². The topological polar surface area (TPSA) is 97.2 Å². The molecule has 27 heavy (non-hydrogen) atoms. The van der Waals surface area contributed by atoms with Crippen LogP contribution in [-0.2, 0) is 4.79 Å². The monoisotopic (exact) mass is 396 g/mol. The number of thioether (sulfide) groups is 1. The van der Waals surface area contributed by atoms with E-state index in [2.05, 4.69) is 15.6 Å². The second-order valence-corrected chi connectivity index (χ2v) is 8.30. The summed E-state index contributed by atoms with van der Waals surface area (Å²) in [5.74, 6) is -0.913. The van der Waals surface area contributed by atoms with Gasteiger partial charge in [0.2, 0.25) is 5.91 Å². The molecule has 0 bridgehead atoms. The van der Waals surface area contributed by atoms with Crippen LogP contribution < -0.4 is 10.6 Å². The van der Waals surface area contributed by atoms with Crippen LogP contribution in [0, 0.1) is 11.7 Å².